The van der Waals surface area contributed by atoms with Crippen molar-refractivity contribution >= 4 is 29.6 Å². The maximum Gasteiger partial charge on any atom is 0.338 e. The van der Waals surface area contributed by atoms with Crippen LogP contribution in [0.4, 0.5) is 5.69 Å². The number of anilines is 1. The maximum atomic E-state index is 11.9. The molecule has 158 valence electrons. The first kappa shape index (κ1) is 22.5. The number of carbonyl (C=O) groups is 3. The average Bonchev–Trinajstić information content (AvgIpc) is 2.76. The Morgan fingerprint density at radius 2 is 1.57 bits per heavy atom. The van der Waals surface area contributed by atoms with Gasteiger partial charge in [0.15, 0.2) is 6.61 Å². The highest BCUT2D eigenvalue weighted by molar-refractivity contribution is 5.95. The molecule has 0 aliphatic heterocycles. The summed E-state index contributed by atoms with van der Waals surface area (Å²) >= 11 is 0. The number of hydrogen-bond donors (Lipinski definition) is 1. The number of benzene rings is 2. The fraction of sp³-hybridized carbons (Fsp3) is 0.227. The van der Waals surface area contributed by atoms with E-state index >= 15 is 0 Å². The molecule has 0 saturated carbocycles. The lowest BCUT2D eigenvalue weighted by molar-refractivity contribution is -0.142. The van der Waals surface area contributed by atoms with E-state index in [2.05, 4.69) is 5.32 Å². The quantitative estimate of drug-likeness (QED) is 0.498. The fourth-order valence-corrected chi connectivity index (χ4v) is 2.38. The molecule has 0 spiro atoms. The van der Waals surface area contributed by atoms with E-state index in [4.69, 9.17) is 18.9 Å². The average molecular weight is 413 g/mol. The summed E-state index contributed by atoms with van der Waals surface area (Å²) < 4.78 is 20.1. The minimum absolute atomic E-state index is 0.280. The number of nitrogens with one attached hydrogen (secondary N) is 1. The molecule has 8 nitrogen and oxygen atoms in total. The molecule has 8 heteroatoms. The van der Waals surface area contributed by atoms with Crippen molar-refractivity contribution in [1.82, 2.24) is 0 Å². The second kappa shape index (κ2) is 11.3. The predicted molar refractivity (Wildman–Crippen MR) is 111 cm³/mol. The Balaban J connectivity index is 1.85. The smallest absolute Gasteiger partial charge is 0.338 e. The van der Waals surface area contributed by atoms with Crippen LogP contribution in [0.2, 0.25) is 0 Å². The summed E-state index contributed by atoms with van der Waals surface area (Å²) in [5, 5.41) is 2.57. The first-order valence-corrected chi connectivity index (χ1v) is 9.10. The lowest BCUT2D eigenvalue weighted by atomic mass is 10.2. The number of methoxy groups -OCH3 is 2. The maximum absolute atomic E-state index is 11.9. The zero-order chi connectivity index (χ0) is 21.9. The molecule has 0 aromatic heterocycles. The van der Waals surface area contributed by atoms with E-state index in [0.29, 0.717) is 28.3 Å². The topological polar surface area (TPSA) is 100 Å². The first-order valence-electron chi connectivity index (χ1n) is 9.10. The third kappa shape index (κ3) is 6.97. The van der Waals surface area contributed by atoms with Crippen LogP contribution in [-0.4, -0.2) is 45.3 Å². The summed E-state index contributed by atoms with van der Waals surface area (Å²) in [5.41, 5.74) is 1.51. The van der Waals surface area contributed by atoms with Crippen molar-refractivity contribution in [2.24, 2.45) is 0 Å². The van der Waals surface area contributed by atoms with Gasteiger partial charge in [-0.15, -0.1) is 0 Å². The molecule has 2 rings (SSSR count). The number of rotatable bonds is 9. The Hall–Kier alpha value is -3.81. The van der Waals surface area contributed by atoms with Gasteiger partial charge >= 0.3 is 11.9 Å². The Morgan fingerprint density at radius 3 is 2.13 bits per heavy atom. The van der Waals surface area contributed by atoms with Crippen molar-refractivity contribution in [3.8, 4) is 11.5 Å². The minimum atomic E-state index is -0.676. The Kier molecular flexibility index (Phi) is 8.43. The van der Waals surface area contributed by atoms with Gasteiger partial charge in [-0.3, -0.25) is 4.79 Å². The number of hydrogen-bond acceptors (Lipinski definition) is 7. The molecule has 1 N–H and O–H groups in total. The van der Waals surface area contributed by atoms with Gasteiger partial charge in [0.05, 0.1) is 26.4 Å². The van der Waals surface area contributed by atoms with Gasteiger partial charge in [0, 0.05) is 17.8 Å². The molecule has 0 bridgehead atoms. The lowest BCUT2D eigenvalue weighted by Gasteiger charge is -2.07. The van der Waals surface area contributed by atoms with Gasteiger partial charge < -0.3 is 24.3 Å². The van der Waals surface area contributed by atoms with E-state index < -0.39 is 24.5 Å². The van der Waals surface area contributed by atoms with Crippen LogP contribution in [0.15, 0.2) is 48.5 Å². The van der Waals surface area contributed by atoms with E-state index in [1.165, 1.54) is 38.5 Å². The summed E-state index contributed by atoms with van der Waals surface area (Å²) in [4.78, 5) is 35.4. The molecule has 1 amide bonds. The Morgan fingerprint density at radius 1 is 0.933 bits per heavy atom. The summed E-state index contributed by atoms with van der Waals surface area (Å²) in [7, 11) is 3.05. The van der Waals surface area contributed by atoms with Gasteiger partial charge in [-0.25, -0.2) is 9.59 Å². The van der Waals surface area contributed by atoms with Gasteiger partial charge in [-0.05, 0) is 55.0 Å². The van der Waals surface area contributed by atoms with Crippen LogP contribution in [-0.2, 0) is 19.1 Å². The first-order chi connectivity index (χ1) is 14.4. The summed E-state index contributed by atoms with van der Waals surface area (Å²) in [5.74, 6) is -0.468. The summed E-state index contributed by atoms with van der Waals surface area (Å²) in [6, 6.07) is 11.3. The fourth-order valence-electron chi connectivity index (χ4n) is 2.38. The number of amides is 1. The van der Waals surface area contributed by atoms with Crippen molar-refractivity contribution in [2.45, 2.75) is 6.92 Å². The predicted octanol–water partition coefficient (Wildman–Crippen LogP) is 3.08. The Bertz CT molecular complexity index is 897. The van der Waals surface area contributed by atoms with E-state index in [1.54, 1.807) is 37.3 Å². The molecule has 0 fully saturated rings. The standard InChI is InChI=1S/C22H23NO7/c1-4-29-22(26)16-6-8-17(9-7-16)23-20(24)14-30-21(25)10-5-15-11-18(27-2)13-19(12-15)28-3/h5-13H,4,14H2,1-3H3,(H,23,24)/b10-5+. The molecule has 0 saturated heterocycles. The zero-order valence-corrected chi connectivity index (χ0v) is 17.0. The molecular weight excluding hydrogens is 390 g/mol. The van der Waals surface area contributed by atoms with Crippen molar-refractivity contribution in [2.75, 3.05) is 32.8 Å². The Labute approximate surface area is 174 Å². The van der Waals surface area contributed by atoms with E-state index in [-0.39, 0.29) is 6.61 Å². The summed E-state index contributed by atoms with van der Waals surface area (Å²) in [6.45, 7) is 1.54. The molecule has 0 aliphatic rings. The second-order valence-corrected chi connectivity index (χ2v) is 5.93. The van der Waals surface area contributed by atoms with Crippen LogP contribution in [0, 0.1) is 0 Å². The van der Waals surface area contributed by atoms with Crippen LogP contribution in [0.1, 0.15) is 22.8 Å². The van der Waals surface area contributed by atoms with Crippen molar-refractivity contribution in [3.05, 3.63) is 59.7 Å². The zero-order valence-electron chi connectivity index (χ0n) is 17.0. The second-order valence-electron chi connectivity index (χ2n) is 5.93. The molecule has 0 heterocycles. The van der Waals surface area contributed by atoms with Crippen molar-refractivity contribution in [3.63, 3.8) is 0 Å². The van der Waals surface area contributed by atoms with Crippen LogP contribution in [0.25, 0.3) is 6.08 Å². The van der Waals surface area contributed by atoms with E-state index in [9.17, 15) is 14.4 Å². The summed E-state index contributed by atoms with van der Waals surface area (Å²) in [6.07, 6.45) is 2.73. The number of ether oxygens (including phenoxy) is 4. The van der Waals surface area contributed by atoms with Crippen LogP contribution >= 0.6 is 0 Å². The molecule has 0 unspecified atom stereocenters. The number of esters is 2. The van der Waals surface area contributed by atoms with Gasteiger partial charge in [0.2, 0.25) is 0 Å². The SMILES string of the molecule is CCOC(=O)c1ccc(NC(=O)COC(=O)/C=C/c2cc(OC)cc(OC)c2)cc1. The van der Waals surface area contributed by atoms with Crippen LogP contribution in [0.3, 0.4) is 0 Å². The molecule has 0 aliphatic carbocycles. The van der Waals surface area contributed by atoms with Gasteiger partial charge in [0.1, 0.15) is 11.5 Å². The third-order valence-corrected chi connectivity index (χ3v) is 3.81. The third-order valence-electron chi connectivity index (χ3n) is 3.81. The minimum Gasteiger partial charge on any atom is -0.497 e. The molecule has 0 atom stereocenters. The highest BCUT2D eigenvalue weighted by Gasteiger charge is 2.09. The van der Waals surface area contributed by atoms with Crippen LogP contribution < -0.4 is 14.8 Å². The molecule has 2 aromatic rings. The molecule has 30 heavy (non-hydrogen) atoms. The normalized spacial score (nSPS) is 10.4. The van der Waals surface area contributed by atoms with Crippen molar-refractivity contribution in [1.29, 1.82) is 0 Å². The largest absolute Gasteiger partial charge is 0.497 e. The lowest BCUT2D eigenvalue weighted by Crippen LogP contribution is -2.20. The monoisotopic (exact) mass is 413 g/mol. The molecule has 0 radical (unpaired) electrons. The van der Waals surface area contributed by atoms with Crippen LogP contribution in [0.5, 0.6) is 11.5 Å². The van der Waals surface area contributed by atoms with Crippen molar-refractivity contribution < 1.29 is 33.3 Å². The highest BCUT2D eigenvalue weighted by Crippen LogP contribution is 2.23. The van der Waals surface area contributed by atoms with E-state index in [0.717, 1.165) is 0 Å². The molecular formula is C22H23NO7. The highest BCUT2D eigenvalue weighted by atomic mass is 16.5. The van der Waals surface area contributed by atoms with E-state index in [1.807, 2.05) is 0 Å². The van der Waals surface area contributed by atoms with Gasteiger partial charge in [-0.1, -0.05) is 0 Å². The molecule has 2 aromatic carbocycles. The van der Waals surface area contributed by atoms with Gasteiger partial charge in [-0.2, -0.15) is 0 Å². The number of carbonyl (C=O) groups excluding carboxylic acids is 3. The van der Waals surface area contributed by atoms with Gasteiger partial charge in [0.25, 0.3) is 5.91 Å².